The van der Waals surface area contributed by atoms with Gasteiger partial charge in [0.1, 0.15) is 10.6 Å². The summed E-state index contributed by atoms with van der Waals surface area (Å²) in [6, 6.07) is 8.71. The average Bonchev–Trinajstić information content (AvgIpc) is 3.34. The Morgan fingerprint density at radius 1 is 1.24 bits per heavy atom. The molecule has 2 N–H and O–H groups in total. The number of rotatable bonds is 7. The molecule has 2 saturated carbocycles. The summed E-state index contributed by atoms with van der Waals surface area (Å²) < 4.78 is 6.57. The van der Waals surface area contributed by atoms with Crippen LogP contribution in [0.15, 0.2) is 24.3 Å². The van der Waals surface area contributed by atoms with Gasteiger partial charge >= 0.3 is 0 Å². The van der Waals surface area contributed by atoms with E-state index in [1.54, 1.807) is 7.11 Å². The van der Waals surface area contributed by atoms with E-state index >= 15 is 0 Å². The van der Waals surface area contributed by atoms with E-state index in [0.717, 1.165) is 40.9 Å². The van der Waals surface area contributed by atoms with Gasteiger partial charge in [0.25, 0.3) is 5.91 Å². The summed E-state index contributed by atoms with van der Waals surface area (Å²) in [6.07, 6.45) is 6.60. The molecule has 25 heavy (non-hydrogen) atoms. The first kappa shape index (κ1) is 16.9. The molecule has 134 valence electrons. The van der Waals surface area contributed by atoms with Gasteiger partial charge in [0.2, 0.25) is 0 Å². The first-order chi connectivity index (χ1) is 12.3. The topological polar surface area (TPSA) is 50.4 Å². The van der Waals surface area contributed by atoms with Crippen molar-refractivity contribution in [2.75, 3.05) is 20.2 Å². The molecule has 2 bridgehead atoms. The molecule has 2 aliphatic carbocycles. The number of benzene rings is 1. The van der Waals surface area contributed by atoms with Crippen LogP contribution in [0.2, 0.25) is 0 Å². The van der Waals surface area contributed by atoms with Crippen molar-refractivity contribution in [3.05, 3.63) is 29.1 Å². The van der Waals surface area contributed by atoms with E-state index in [9.17, 15) is 4.79 Å². The SMILES string of the molecule is COc1c(C(=O)NCCCNC2CC3CCC2C3)sc2ccccc12. The summed E-state index contributed by atoms with van der Waals surface area (Å²) in [7, 11) is 1.63. The van der Waals surface area contributed by atoms with Crippen molar-refractivity contribution in [2.24, 2.45) is 11.8 Å². The lowest BCUT2D eigenvalue weighted by molar-refractivity contribution is 0.0954. The molecule has 3 unspecified atom stereocenters. The van der Waals surface area contributed by atoms with Gasteiger partial charge < -0.3 is 15.4 Å². The van der Waals surface area contributed by atoms with Crippen LogP contribution in [0, 0.1) is 11.8 Å². The number of thiophene rings is 1. The number of methoxy groups -OCH3 is 1. The van der Waals surface area contributed by atoms with Crippen molar-refractivity contribution in [1.82, 2.24) is 10.6 Å². The molecule has 2 fully saturated rings. The number of amides is 1. The van der Waals surface area contributed by atoms with E-state index in [0.29, 0.717) is 17.2 Å². The predicted molar refractivity (Wildman–Crippen MR) is 103 cm³/mol. The van der Waals surface area contributed by atoms with Crippen molar-refractivity contribution in [2.45, 2.75) is 38.1 Å². The smallest absolute Gasteiger partial charge is 0.265 e. The third-order valence-corrected chi connectivity index (χ3v) is 6.89. The van der Waals surface area contributed by atoms with Gasteiger partial charge in [0, 0.05) is 22.7 Å². The summed E-state index contributed by atoms with van der Waals surface area (Å²) in [5.41, 5.74) is 0. The zero-order valence-corrected chi connectivity index (χ0v) is 15.5. The van der Waals surface area contributed by atoms with E-state index in [1.807, 2.05) is 24.3 Å². The zero-order valence-electron chi connectivity index (χ0n) is 14.7. The van der Waals surface area contributed by atoms with Gasteiger partial charge in [0.05, 0.1) is 7.11 Å². The minimum absolute atomic E-state index is 0.0297. The molecule has 2 aliphatic rings. The molecule has 4 rings (SSSR count). The molecule has 1 heterocycles. The Bertz CT molecular complexity index is 757. The Balaban J connectivity index is 1.26. The molecule has 1 aromatic carbocycles. The van der Waals surface area contributed by atoms with Crippen molar-refractivity contribution < 1.29 is 9.53 Å². The van der Waals surface area contributed by atoms with Crippen molar-refractivity contribution >= 4 is 27.3 Å². The van der Waals surface area contributed by atoms with Crippen LogP contribution in [0.4, 0.5) is 0 Å². The molecule has 5 heteroatoms. The Hall–Kier alpha value is -1.59. The largest absolute Gasteiger partial charge is 0.494 e. The molecule has 0 saturated heterocycles. The maximum Gasteiger partial charge on any atom is 0.265 e. The van der Waals surface area contributed by atoms with Crippen LogP contribution in [-0.2, 0) is 0 Å². The number of nitrogens with one attached hydrogen (secondary N) is 2. The Kier molecular flexibility index (Phi) is 4.95. The first-order valence-electron chi connectivity index (χ1n) is 9.33. The van der Waals surface area contributed by atoms with Crippen molar-refractivity contribution in [3.63, 3.8) is 0 Å². The third kappa shape index (κ3) is 3.40. The number of hydrogen-bond acceptors (Lipinski definition) is 4. The molecule has 0 spiro atoms. The van der Waals surface area contributed by atoms with Gasteiger partial charge in [-0.3, -0.25) is 4.79 Å². The standard InChI is InChI=1S/C20H26N2O2S/c1-24-18-15-5-2-3-6-17(15)25-19(18)20(23)22-10-4-9-21-16-12-13-7-8-14(16)11-13/h2-3,5-6,13-14,16,21H,4,7-12H2,1H3,(H,22,23). The van der Waals surface area contributed by atoms with E-state index in [4.69, 9.17) is 4.74 Å². The first-order valence-corrected chi connectivity index (χ1v) is 10.1. The van der Waals surface area contributed by atoms with E-state index in [1.165, 1.54) is 37.0 Å². The maximum absolute atomic E-state index is 12.5. The highest BCUT2D eigenvalue weighted by Crippen LogP contribution is 2.44. The van der Waals surface area contributed by atoms with Gasteiger partial charge in [-0.05, 0) is 56.2 Å². The van der Waals surface area contributed by atoms with Crippen molar-refractivity contribution in [3.8, 4) is 5.75 Å². The van der Waals surface area contributed by atoms with Crippen LogP contribution in [0.5, 0.6) is 5.75 Å². The molecule has 1 aromatic heterocycles. The number of hydrogen-bond donors (Lipinski definition) is 2. The van der Waals surface area contributed by atoms with Crippen LogP contribution in [0.25, 0.3) is 10.1 Å². The van der Waals surface area contributed by atoms with Crippen LogP contribution in [0.3, 0.4) is 0 Å². The van der Waals surface area contributed by atoms with Gasteiger partial charge in [0.15, 0.2) is 0 Å². The maximum atomic E-state index is 12.5. The van der Waals surface area contributed by atoms with Gasteiger partial charge in [-0.2, -0.15) is 0 Å². The molecule has 4 nitrogen and oxygen atoms in total. The minimum atomic E-state index is -0.0297. The second kappa shape index (κ2) is 7.34. The summed E-state index contributed by atoms with van der Waals surface area (Å²) in [4.78, 5) is 13.2. The lowest BCUT2D eigenvalue weighted by atomic mass is 9.95. The Morgan fingerprint density at radius 3 is 2.88 bits per heavy atom. The van der Waals surface area contributed by atoms with E-state index < -0.39 is 0 Å². The fourth-order valence-corrected chi connectivity index (χ4v) is 5.61. The monoisotopic (exact) mass is 358 g/mol. The highest BCUT2D eigenvalue weighted by atomic mass is 32.1. The normalized spacial score (nSPS) is 24.8. The second-order valence-electron chi connectivity index (χ2n) is 7.31. The quantitative estimate of drug-likeness (QED) is 0.740. The fraction of sp³-hybridized carbons (Fsp3) is 0.550. The molecule has 3 atom stereocenters. The summed E-state index contributed by atoms with van der Waals surface area (Å²) >= 11 is 1.50. The minimum Gasteiger partial charge on any atom is -0.494 e. The summed E-state index contributed by atoms with van der Waals surface area (Å²) in [6.45, 7) is 1.68. The molecule has 1 amide bonds. The van der Waals surface area contributed by atoms with Crippen LogP contribution in [-0.4, -0.2) is 32.1 Å². The number of carbonyl (C=O) groups excluding carboxylic acids is 1. The lowest BCUT2D eigenvalue weighted by Crippen LogP contribution is -2.36. The fourth-order valence-electron chi connectivity index (χ4n) is 4.53. The lowest BCUT2D eigenvalue weighted by Gasteiger charge is -2.22. The van der Waals surface area contributed by atoms with E-state index in [2.05, 4.69) is 10.6 Å². The summed E-state index contributed by atoms with van der Waals surface area (Å²) in [5.74, 6) is 2.54. The molecular formula is C20H26N2O2S. The van der Waals surface area contributed by atoms with Gasteiger partial charge in [-0.25, -0.2) is 0 Å². The average molecular weight is 359 g/mol. The highest BCUT2D eigenvalue weighted by molar-refractivity contribution is 7.21. The summed E-state index contributed by atoms with van der Waals surface area (Å²) in [5, 5.41) is 7.75. The molecule has 0 radical (unpaired) electrons. The molecular weight excluding hydrogens is 332 g/mol. The Labute approximate surface area is 152 Å². The van der Waals surface area contributed by atoms with Crippen LogP contribution < -0.4 is 15.4 Å². The number of ether oxygens (including phenoxy) is 1. The zero-order chi connectivity index (χ0) is 17.2. The second-order valence-corrected chi connectivity index (χ2v) is 8.36. The molecule has 0 aliphatic heterocycles. The van der Waals surface area contributed by atoms with Crippen LogP contribution in [0.1, 0.15) is 41.8 Å². The van der Waals surface area contributed by atoms with Gasteiger partial charge in [-0.1, -0.05) is 18.6 Å². The number of carbonyl (C=O) groups is 1. The highest BCUT2D eigenvalue weighted by Gasteiger charge is 2.38. The van der Waals surface area contributed by atoms with Gasteiger partial charge in [-0.15, -0.1) is 11.3 Å². The number of fused-ring (bicyclic) bond motifs is 3. The van der Waals surface area contributed by atoms with E-state index in [-0.39, 0.29) is 5.91 Å². The molecule has 2 aromatic rings. The Morgan fingerprint density at radius 2 is 2.12 bits per heavy atom. The van der Waals surface area contributed by atoms with Crippen LogP contribution >= 0.6 is 11.3 Å². The van der Waals surface area contributed by atoms with Crippen molar-refractivity contribution in [1.29, 1.82) is 0 Å². The third-order valence-electron chi connectivity index (χ3n) is 5.74. The predicted octanol–water partition coefficient (Wildman–Crippen LogP) is 3.81.